The number of hydrogen-bond acceptors (Lipinski definition) is 3. The molecule has 0 aromatic carbocycles. The molecule has 2 heterocycles. The Morgan fingerprint density at radius 3 is 2.39 bits per heavy atom. The SMILES string of the molecule is C1CNC(C2CC2)CN(C2CCN(C3CC3)C2)C1. The lowest BCUT2D eigenvalue weighted by Crippen LogP contribution is -2.44. The summed E-state index contributed by atoms with van der Waals surface area (Å²) in [5, 5.41) is 3.79. The average Bonchev–Trinajstić information content (AvgIpc) is 3.26. The quantitative estimate of drug-likeness (QED) is 0.813. The molecule has 4 aliphatic rings. The van der Waals surface area contributed by atoms with Gasteiger partial charge in [0.15, 0.2) is 0 Å². The molecule has 2 unspecified atom stereocenters. The van der Waals surface area contributed by atoms with Crippen molar-refractivity contribution in [3.05, 3.63) is 0 Å². The zero-order valence-corrected chi connectivity index (χ0v) is 11.5. The van der Waals surface area contributed by atoms with Gasteiger partial charge in [-0.05, 0) is 57.5 Å². The first kappa shape index (κ1) is 11.7. The third-order valence-corrected chi connectivity index (χ3v) is 5.43. The van der Waals surface area contributed by atoms with E-state index in [2.05, 4.69) is 15.1 Å². The fraction of sp³-hybridized carbons (Fsp3) is 1.00. The normalized spacial score (nSPS) is 40.0. The van der Waals surface area contributed by atoms with E-state index in [0.717, 1.165) is 24.0 Å². The van der Waals surface area contributed by atoms with Crippen molar-refractivity contribution in [3.63, 3.8) is 0 Å². The predicted molar refractivity (Wildman–Crippen MR) is 73.7 cm³/mol. The lowest BCUT2D eigenvalue weighted by Gasteiger charge is -2.30. The molecule has 0 radical (unpaired) electrons. The van der Waals surface area contributed by atoms with Gasteiger partial charge < -0.3 is 5.32 Å². The Morgan fingerprint density at radius 2 is 1.61 bits per heavy atom. The minimum atomic E-state index is 0.808. The summed E-state index contributed by atoms with van der Waals surface area (Å²) in [6.07, 6.45) is 8.67. The van der Waals surface area contributed by atoms with Crippen LogP contribution in [0.2, 0.25) is 0 Å². The Labute approximate surface area is 111 Å². The Hall–Kier alpha value is -0.120. The first-order chi connectivity index (χ1) is 8.90. The van der Waals surface area contributed by atoms with Gasteiger partial charge in [0.1, 0.15) is 0 Å². The van der Waals surface area contributed by atoms with Gasteiger partial charge in [-0.1, -0.05) is 0 Å². The Balaban J connectivity index is 1.36. The number of nitrogens with one attached hydrogen (secondary N) is 1. The van der Waals surface area contributed by atoms with Crippen molar-refractivity contribution in [1.29, 1.82) is 0 Å². The van der Waals surface area contributed by atoms with E-state index in [9.17, 15) is 0 Å². The average molecular weight is 249 g/mol. The number of hydrogen-bond donors (Lipinski definition) is 1. The van der Waals surface area contributed by atoms with E-state index in [1.54, 1.807) is 0 Å². The van der Waals surface area contributed by atoms with Crippen LogP contribution in [0.3, 0.4) is 0 Å². The second-order valence-electron chi connectivity index (χ2n) is 6.92. The van der Waals surface area contributed by atoms with Crippen LogP contribution in [0.4, 0.5) is 0 Å². The molecule has 2 aliphatic carbocycles. The first-order valence-corrected chi connectivity index (χ1v) is 8.11. The molecule has 2 saturated heterocycles. The van der Waals surface area contributed by atoms with Crippen LogP contribution < -0.4 is 5.32 Å². The standard InChI is InChI=1S/C15H27N3/c1-7-16-15(12-2-3-12)11-17(8-1)14-6-9-18(10-14)13-4-5-13/h12-16H,1-11H2. The minimum absolute atomic E-state index is 0.808. The molecule has 2 saturated carbocycles. The summed E-state index contributed by atoms with van der Waals surface area (Å²) >= 11 is 0. The van der Waals surface area contributed by atoms with Crippen LogP contribution in [-0.4, -0.2) is 60.6 Å². The van der Waals surface area contributed by atoms with Crippen LogP contribution in [-0.2, 0) is 0 Å². The molecule has 0 aromatic rings. The van der Waals surface area contributed by atoms with E-state index in [1.165, 1.54) is 71.2 Å². The summed E-state index contributed by atoms with van der Waals surface area (Å²) in [4.78, 5) is 5.58. The maximum Gasteiger partial charge on any atom is 0.0236 e. The van der Waals surface area contributed by atoms with Crippen molar-refractivity contribution < 1.29 is 0 Å². The maximum absolute atomic E-state index is 3.79. The predicted octanol–water partition coefficient (Wildman–Crippen LogP) is 1.30. The van der Waals surface area contributed by atoms with Crippen molar-refractivity contribution in [2.75, 3.05) is 32.7 Å². The Morgan fingerprint density at radius 1 is 0.778 bits per heavy atom. The third kappa shape index (κ3) is 2.45. The summed E-state index contributed by atoms with van der Waals surface area (Å²) in [5.74, 6) is 1.01. The van der Waals surface area contributed by atoms with Crippen LogP contribution in [0.25, 0.3) is 0 Å². The molecule has 1 N–H and O–H groups in total. The van der Waals surface area contributed by atoms with Crippen molar-refractivity contribution in [3.8, 4) is 0 Å². The number of likely N-dealkylation sites (tertiary alicyclic amines) is 1. The second kappa shape index (κ2) is 4.77. The van der Waals surface area contributed by atoms with Crippen LogP contribution >= 0.6 is 0 Å². The molecule has 102 valence electrons. The van der Waals surface area contributed by atoms with Gasteiger partial charge in [0, 0.05) is 37.8 Å². The third-order valence-electron chi connectivity index (χ3n) is 5.43. The second-order valence-corrected chi connectivity index (χ2v) is 6.92. The molecule has 0 amide bonds. The van der Waals surface area contributed by atoms with Crippen molar-refractivity contribution in [2.24, 2.45) is 5.92 Å². The Kier molecular flexibility index (Phi) is 3.10. The summed E-state index contributed by atoms with van der Waals surface area (Å²) in [5.41, 5.74) is 0. The lowest BCUT2D eigenvalue weighted by molar-refractivity contribution is 0.183. The van der Waals surface area contributed by atoms with E-state index in [1.807, 2.05) is 0 Å². The van der Waals surface area contributed by atoms with E-state index >= 15 is 0 Å². The van der Waals surface area contributed by atoms with Gasteiger partial charge >= 0.3 is 0 Å². The molecule has 3 heteroatoms. The molecule has 2 aliphatic heterocycles. The van der Waals surface area contributed by atoms with Gasteiger partial charge in [-0.15, -0.1) is 0 Å². The van der Waals surface area contributed by atoms with Crippen molar-refractivity contribution in [2.45, 2.75) is 56.7 Å². The molecule has 0 spiro atoms. The van der Waals surface area contributed by atoms with Crippen LogP contribution in [0.1, 0.15) is 38.5 Å². The molecule has 18 heavy (non-hydrogen) atoms. The van der Waals surface area contributed by atoms with Gasteiger partial charge in [-0.2, -0.15) is 0 Å². The Bertz CT molecular complexity index is 298. The fourth-order valence-electron chi connectivity index (χ4n) is 3.96. The maximum atomic E-state index is 3.79. The summed E-state index contributed by atoms with van der Waals surface area (Å²) < 4.78 is 0. The first-order valence-electron chi connectivity index (χ1n) is 8.11. The molecule has 4 rings (SSSR count). The van der Waals surface area contributed by atoms with Gasteiger partial charge in [0.05, 0.1) is 0 Å². The molecule has 2 atom stereocenters. The van der Waals surface area contributed by atoms with Crippen molar-refractivity contribution >= 4 is 0 Å². The molecule has 3 nitrogen and oxygen atoms in total. The molecular weight excluding hydrogens is 222 g/mol. The zero-order chi connectivity index (χ0) is 11.9. The smallest absolute Gasteiger partial charge is 0.0236 e. The summed E-state index contributed by atoms with van der Waals surface area (Å²) in [6.45, 7) is 6.64. The molecule has 0 bridgehead atoms. The lowest BCUT2D eigenvalue weighted by atomic mass is 10.1. The summed E-state index contributed by atoms with van der Waals surface area (Å²) in [6, 6.07) is 2.65. The molecular formula is C15H27N3. The summed E-state index contributed by atoms with van der Waals surface area (Å²) in [7, 11) is 0. The molecule has 4 fully saturated rings. The van der Waals surface area contributed by atoms with E-state index in [-0.39, 0.29) is 0 Å². The van der Waals surface area contributed by atoms with E-state index in [0.29, 0.717) is 0 Å². The van der Waals surface area contributed by atoms with E-state index < -0.39 is 0 Å². The minimum Gasteiger partial charge on any atom is -0.312 e. The zero-order valence-electron chi connectivity index (χ0n) is 11.5. The highest BCUT2D eigenvalue weighted by Gasteiger charge is 2.39. The van der Waals surface area contributed by atoms with Crippen LogP contribution in [0, 0.1) is 5.92 Å². The highest BCUT2D eigenvalue weighted by Crippen LogP contribution is 2.35. The molecule has 0 aromatic heterocycles. The van der Waals surface area contributed by atoms with E-state index in [4.69, 9.17) is 0 Å². The largest absolute Gasteiger partial charge is 0.312 e. The van der Waals surface area contributed by atoms with Crippen LogP contribution in [0.5, 0.6) is 0 Å². The highest BCUT2D eigenvalue weighted by atomic mass is 15.3. The van der Waals surface area contributed by atoms with Gasteiger partial charge in [0.2, 0.25) is 0 Å². The number of nitrogens with zero attached hydrogens (tertiary/aromatic N) is 2. The fourth-order valence-corrected chi connectivity index (χ4v) is 3.96. The van der Waals surface area contributed by atoms with Crippen molar-refractivity contribution in [1.82, 2.24) is 15.1 Å². The van der Waals surface area contributed by atoms with Crippen LogP contribution in [0.15, 0.2) is 0 Å². The number of rotatable bonds is 3. The van der Waals surface area contributed by atoms with Gasteiger partial charge in [0.25, 0.3) is 0 Å². The topological polar surface area (TPSA) is 18.5 Å². The monoisotopic (exact) mass is 249 g/mol. The van der Waals surface area contributed by atoms with Gasteiger partial charge in [-0.25, -0.2) is 0 Å². The van der Waals surface area contributed by atoms with Gasteiger partial charge in [-0.3, -0.25) is 9.80 Å². The highest BCUT2D eigenvalue weighted by molar-refractivity contribution is 4.96.